The molecule has 140 valence electrons. The van der Waals surface area contributed by atoms with Gasteiger partial charge in [0, 0.05) is 40.1 Å². The monoisotopic (exact) mass is 401 g/mol. The first-order valence-corrected chi connectivity index (χ1v) is 10.0. The molecule has 2 aromatic carbocycles. The lowest BCUT2D eigenvalue weighted by molar-refractivity contribution is -0.123. The number of carbonyl (C=O) groups excluding carboxylic acids is 1. The van der Waals surface area contributed by atoms with Gasteiger partial charge in [0.05, 0.1) is 0 Å². The summed E-state index contributed by atoms with van der Waals surface area (Å²) >= 11 is 7.56. The van der Waals surface area contributed by atoms with Gasteiger partial charge in [0.2, 0.25) is 17.6 Å². The van der Waals surface area contributed by atoms with Gasteiger partial charge in [0.1, 0.15) is 0 Å². The van der Waals surface area contributed by atoms with Gasteiger partial charge in [-0.2, -0.15) is 4.98 Å². The number of nitrogens with one attached hydrogen (secondary N) is 1. The molecule has 7 heteroatoms. The summed E-state index contributed by atoms with van der Waals surface area (Å²) in [5.41, 5.74) is 0.838. The van der Waals surface area contributed by atoms with Crippen molar-refractivity contribution in [2.75, 3.05) is 12.3 Å². The fourth-order valence-electron chi connectivity index (χ4n) is 2.35. The van der Waals surface area contributed by atoms with E-state index in [0.29, 0.717) is 29.7 Å². The molecular formula is C20H20ClN3O2S. The normalized spacial score (nSPS) is 11.9. The number of carbonyl (C=O) groups is 1. The van der Waals surface area contributed by atoms with E-state index in [1.807, 2.05) is 49.4 Å². The molecule has 3 aromatic rings. The molecule has 1 atom stereocenters. The maximum Gasteiger partial charge on any atom is 0.228 e. The van der Waals surface area contributed by atoms with Gasteiger partial charge >= 0.3 is 0 Å². The van der Waals surface area contributed by atoms with Gasteiger partial charge in [-0.05, 0) is 36.4 Å². The molecule has 0 fully saturated rings. The first-order chi connectivity index (χ1) is 13.1. The molecule has 1 N–H and O–H groups in total. The summed E-state index contributed by atoms with van der Waals surface area (Å²) in [7, 11) is 0. The minimum Gasteiger partial charge on any atom is -0.355 e. The topological polar surface area (TPSA) is 68.0 Å². The van der Waals surface area contributed by atoms with Crippen LogP contribution in [0.25, 0.3) is 11.4 Å². The van der Waals surface area contributed by atoms with Crippen molar-refractivity contribution in [1.29, 1.82) is 0 Å². The Labute approximate surface area is 167 Å². The number of benzene rings is 2. The van der Waals surface area contributed by atoms with Crippen LogP contribution in [0.2, 0.25) is 5.02 Å². The highest BCUT2D eigenvalue weighted by atomic mass is 35.5. The van der Waals surface area contributed by atoms with Crippen LogP contribution in [0.5, 0.6) is 0 Å². The molecule has 0 saturated heterocycles. The van der Waals surface area contributed by atoms with Crippen molar-refractivity contribution in [3.05, 3.63) is 65.5 Å². The molecule has 0 radical (unpaired) electrons. The average molecular weight is 402 g/mol. The highest BCUT2D eigenvalue weighted by Gasteiger charge is 2.14. The third kappa shape index (κ3) is 5.84. The first kappa shape index (κ1) is 19.5. The Morgan fingerprint density at radius 2 is 1.93 bits per heavy atom. The predicted octanol–water partition coefficient (Wildman–Crippen LogP) is 4.48. The van der Waals surface area contributed by atoms with Gasteiger partial charge in [-0.25, -0.2) is 0 Å². The zero-order valence-electron chi connectivity index (χ0n) is 14.9. The van der Waals surface area contributed by atoms with Crippen LogP contribution in [-0.4, -0.2) is 28.3 Å². The Kier molecular flexibility index (Phi) is 6.90. The maximum atomic E-state index is 12.2. The van der Waals surface area contributed by atoms with E-state index < -0.39 is 0 Å². The molecule has 0 aliphatic rings. The second-order valence-corrected chi connectivity index (χ2v) is 7.61. The Hall–Kier alpha value is -2.31. The lowest BCUT2D eigenvalue weighted by Crippen LogP contribution is -2.32. The quantitative estimate of drug-likeness (QED) is 0.564. The first-order valence-electron chi connectivity index (χ1n) is 8.66. The molecule has 0 aliphatic heterocycles. The Morgan fingerprint density at radius 1 is 1.19 bits per heavy atom. The number of thioether (sulfide) groups is 1. The van der Waals surface area contributed by atoms with Crippen LogP contribution < -0.4 is 5.32 Å². The number of amides is 1. The summed E-state index contributed by atoms with van der Waals surface area (Å²) in [5.74, 6) is 1.68. The molecule has 0 spiro atoms. The number of hydrogen-bond donors (Lipinski definition) is 1. The maximum absolute atomic E-state index is 12.2. The summed E-state index contributed by atoms with van der Waals surface area (Å²) in [4.78, 5) is 17.7. The highest BCUT2D eigenvalue weighted by molar-refractivity contribution is 7.99. The molecule has 1 unspecified atom stereocenters. The number of hydrogen-bond acceptors (Lipinski definition) is 5. The van der Waals surface area contributed by atoms with Crippen molar-refractivity contribution in [1.82, 2.24) is 15.5 Å². The molecule has 27 heavy (non-hydrogen) atoms. The van der Waals surface area contributed by atoms with E-state index in [1.54, 1.807) is 23.9 Å². The van der Waals surface area contributed by atoms with Gasteiger partial charge in [0.25, 0.3) is 0 Å². The number of nitrogens with zero attached hydrogens (tertiary/aromatic N) is 2. The molecule has 0 aliphatic carbocycles. The molecule has 1 aromatic heterocycles. The van der Waals surface area contributed by atoms with E-state index in [9.17, 15) is 4.79 Å². The van der Waals surface area contributed by atoms with Crippen molar-refractivity contribution < 1.29 is 9.32 Å². The summed E-state index contributed by atoms with van der Waals surface area (Å²) in [6.07, 6.45) is 0.491. The van der Waals surface area contributed by atoms with Gasteiger partial charge in [-0.15, -0.1) is 11.8 Å². The van der Waals surface area contributed by atoms with Crippen LogP contribution in [-0.2, 0) is 11.2 Å². The van der Waals surface area contributed by atoms with Crippen LogP contribution in [0.4, 0.5) is 0 Å². The van der Waals surface area contributed by atoms with Crippen molar-refractivity contribution in [2.45, 2.75) is 18.2 Å². The van der Waals surface area contributed by atoms with Crippen LogP contribution >= 0.6 is 23.4 Å². The van der Waals surface area contributed by atoms with E-state index in [-0.39, 0.29) is 11.8 Å². The lowest BCUT2D eigenvalue weighted by Gasteiger charge is -2.11. The molecule has 0 saturated carbocycles. The Bertz CT molecular complexity index is 868. The van der Waals surface area contributed by atoms with Gasteiger partial charge in [-0.3, -0.25) is 4.79 Å². The smallest absolute Gasteiger partial charge is 0.228 e. The largest absolute Gasteiger partial charge is 0.355 e. The highest BCUT2D eigenvalue weighted by Crippen LogP contribution is 2.20. The summed E-state index contributed by atoms with van der Waals surface area (Å²) in [6, 6.07) is 17.3. The molecule has 1 heterocycles. The number of rotatable bonds is 8. The van der Waals surface area contributed by atoms with Crippen LogP contribution in [0, 0.1) is 5.92 Å². The van der Waals surface area contributed by atoms with Crippen LogP contribution in [0.15, 0.2) is 64.0 Å². The minimum atomic E-state index is -0.0810. The van der Waals surface area contributed by atoms with E-state index in [2.05, 4.69) is 15.5 Å². The van der Waals surface area contributed by atoms with E-state index >= 15 is 0 Å². The van der Waals surface area contributed by atoms with Crippen LogP contribution in [0.1, 0.15) is 12.8 Å². The minimum absolute atomic E-state index is 0.0240. The Balaban J connectivity index is 1.42. The van der Waals surface area contributed by atoms with E-state index in [1.165, 1.54) is 0 Å². The zero-order chi connectivity index (χ0) is 19.1. The van der Waals surface area contributed by atoms with Crippen molar-refractivity contribution >= 4 is 29.3 Å². The molecule has 3 rings (SSSR count). The summed E-state index contributed by atoms with van der Waals surface area (Å²) in [6.45, 7) is 2.39. The Morgan fingerprint density at radius 3 is 2.67 bits per heavy atom. The van der Waals surface area contributed by atoms with Crippen molar-refractivity contribution in [3.63, 3.8) is 0 Å². The fourth-order valence-corrected chi connectivity index (χ4v) is 3.42. The SMILES string of the molecule is CC(CSc1ccccc1)C(=O)NCCc1nc(-c2ccc(Cl)cc2)no1. The zero-order valence-corrected chi connectivity index (χ0v) is 16.5. The average Bonchev–Trinajstić information content (AvgIpc) is 3.16. The van der Waals surface area contributed by atoms with Gasteiger partial charge in [0.15, 0.2) is 0 Å². The predicted molar refractivity (Wildman–Crippen MR) is 108 cm³/mol. The number of aromatic nitrogens is 2. The summed E-state index contributed by atoms with van der Waals surface area (Å²) < 4.78 is 5.25. The van der Waals surface area contributed by atoms with E-state index in [0.717, 1.165) is 16.2 Å². The second kappa shape index (κ2) is 9.58. The second-order valence-electron chi connectivity index (χ2n) is 6.08. The van der Waals surface area contributed by atoms with Crippen molar-refractivity contribution in [3.8, 4) is 11.4 Å². The standard InChI is InChI=1S/C20H20ClN3O2S/c1-14(13-27-17-5-3-2-4-6-17)20(25)22-12-11-18-23-19(24-26-18)15-7-9-16(21)10-8-15/h2-10,14H,11-13H2,1H3,(H,22,25). The molecule has 0 bridgehead atoms. The van der Waals surface area contributed by atoms with Gasteiger partial charge in [-0.1, -0.05) is 41.9 Å². The van der Waals surface area contributed by atoms with Crippen LogP contribution in [0.3, 0.4) is 0 Å². The third-order valence-corrected chi connectivity index (χ3v) is 5.42. The molecule has 5 nitrogen and oxygen atoms in total. The molecular weight excluding hydrogens is 382 g/mol. The lowest BCUT2D eigenvalue weighted by atomic mass is 10.2. The van der Waals surface area contributed by atoms with Crippen molar-refractivity contribution in [2.24, 2.45) is 5.92 Å². The fraction of sp³-hybridized carbons (Fsp3) is 0.250. The third-order valence-electron chi connectivity index (χ3n) is 3.90. The number of halogens is 1. The van der Waals surface area contributed by atoms with E-state index in [4.69, 9.17) is 16.1 Å². The summed E-state index contributed by atoms with van der Waals surface area (Å²) in [5, 5.41) is 7.55. The van der Waals surface area contributed by atoms with Gasteiger partial charge < -0.3 is 9.84 Å². The molecule has 1 amide bonds.